The highest BCUT2D eigenvalue weighted by atomic mass is 35.5. The molecule has 3 N–H and O–H groups in total. The SMILES string of the molecule is CCCOCCCn1c(-c2ccc(N)cc2)c(C#N)c2nc[nH]c(=O)c21.Cl. The Morgan fingerprint density at radius 3 is 2.70 bits per heavy atom. The second kappa shape index (κ2) is 9.21. The number of fused-ring (bicyclic) bond motifs is 1. The van der Waals surface area contributed by atoms with E-state index in [4.69, 9.17) is 10.5 Å². The highest BCUT2D eigenvalue weighted by molar-refractivity contribution is 5.91. The van der Waals surface area contributed by atoms with Gasteiger partial charge in [-0.2, -0.15) is 5.26 Å². The van der Waals surface area contributed by atoms with Crippen LogP contribution in [0.4, 0.5) is 5.69 Å². The van der Waals surface area contributed by atoms with E-state index in [2.05, 4.69) is 23.0 Å². The van der Waals surface area contributed by atoms with Gasteiger partial charge in [0.25, 0.3) is 5.56 Å². The third-order valence-electron chi connectivity index (χ3n) is 4.16. The fourth-order valence-electron chi connectivity index (χ4n) is 3.03. The van der Waals surface area contributed by atoms with Gasteiger partial charge in [-0.15, -0.1) is 12.4 Å². The standard InChI is InChI=1S/C19H21N5O2.ClH/c1-2-9-26-10-3-8-24-17(13-4-6-14(21)7-5-13)15(11-20)16-18(24)19(25)23-12-22-16;/h4-7,12H,2-3,8-10,21H2,1H3,(H,22,23,25);1H. The fraction of sp³-hybridized carbons (Fsp3) is 0.316. The lowest BCUT2D eigenvalue weighted by atomic mass is 10.1. The minimum absolute atomic E-state index is 0. The lowest BCUT2D eigenvalue weighted by Crippen LogP contribution is -2.13. The van der Waals surface area contributed by atoms with E-state index >= 15 is 0 Å². The molecular formula is C19H22ClN5O2. The highest BCUT2D eigenvalue weighted by Crippen LogP contribution is 2.31. The first kappa shape index (κ1) is 20.5. The maximum atomic E-state index is 12.4. The zero-order chi connectivity index (χ0) is 18.5. The van der Waals surface area contributed by atoms with Gasteiger partial charge in [0.05, 0.1) is 12.0 Å². The second-order valence-corrected chi connectivity index (χ2v) is 6.00. The summed E-state index contributed by atoms with van der Waals surface area (Å²) in [7, 11) is 0. The first-order valence-corrected chi connectivity index (χ1v) is 8.61. The molecular weight excluding hydrogens is 366 g/mol. The number of benzene rings is 1. The number of hydrogen-bond donors (Lipinski definition) is 2. The van der Waals surface area contributed by atoms with Crippen molar-refractivity contribution < 1.29 is 4.74 Å². The van der Waals surface area contributed by atoms with E-state index in [0.717, 1.165) is 18.4 Å². The van der Waals surface area contributed by atoms with Gasteiger partial charge in [0, 0.05) is 25.4 Å². The first-order valence-electron chi connectivity index (χ1n) is 8.61. The van der Waals surface area contributed by atoms with Crippen molar-refractivity contribution in [2.75, 3.05) is 18.9 Å². The van der Waals surface area contributed by atoms with Gasteiger partial charge in [0.1, 0.15) is 22.7 Å². The number of nitrogens with one attached hydrogen (secondary N) is 1. The molecule has 0 aliphatic rings. The van der Waals surface area contributed by atoms with Gasteiger partial charge in [-0.25, -0.2) is 4.98 Å². The number of aromatic amines is 1. The predicted octanol–water partition coefficient (Wildman–Crippen LogP) is 3.08. The Balaban J connectivity index is 0.00000261. The van der Waals surface area contributed by atoms with Crippen LogP contribution < -0.4 is 11.3 Å². The second-order valence-electron chi connectivity index (χ2n) is 6.00. The molecule has 0 bridgehead atoms. The van der Waals surface area contributed by atoms with Crippen molar-refractivity contribution in [1.29, 1.82) is 5.26 Å². The number of nitrogens with two attached hydrogens (primary N) is 1. The Labute approximate surface area is 163 Å². The van der Waals surface area contributed by atoms with E-state index in [1.165, 1.54) is 6.33 Å². The van der Waals surface area contributed by atoms with Crippen molar-refractivity contribution in [1.82, 2.24) is 14.5 Å². The molecule has 0 spiro atoms. The zero-order valence-electron chi connectivity index (χ0n) is 15.1. The highest BCUT2D eigenvalue weighted by Gasteiger charge is 2.21. The summed E-state index contributed by atoms with van der Waals surface area (Å²) in [5.74, 6) is 0. The maximum Gasteiger partial charge on any atom is 0.275 e. The summed E-state index contributed by atoms with van der Waals surface area (Å²) >= 11 is 0. The van der Waals surface area contributed by atoms with Crippen LogP contribution >= 0.6 is 12.4 Å². The van der Waals surface area contributed by atoms with Crippen molar-refractivity contribution in [3.63, 3.8) is 0 Å². The van der Waals surface area contributed by atoms with Gasteiger partial charge in [-0.3, -0.25) is 4.79 Å². The summed E-state index contributed by atoms with van der Waals surface area (Å²) in [6.45, 7) is 3.91. The molecule has 3 rings (SSSR count). The summed E-state index contributed by atoms with van der Waals surface area (Å²) in [6, 6.07) is 9.47. The molecule has 8 heteroatoms. The minimum atomic E-state index is -0.261. The van der Waals surface area contributed by atoms with Crippen LogP contribution in [0.25, 0.3) is 22.3 Å². The topological polar surface area (TPSA) is 110 Å². The van der Waals surface area contributed by atoms with Crippen LogP contribution in [-0.4, -0.2) is 27.7 Å². The largest absolute Gasteiger partial charge is 0.399 e. The van der Waals surface area contributed by atoms with Crippen LogP contribution in [0, 0.1) is 11.3 Å². The summed E-state index contributed by atoms with van der Waals surface area (Å²) in [4.78, 5) is 19.3. The van der Waals surface area contributed by atoms with Gasteiger partial charge in [0.15, 0.2) is 0 Å². The van der Waals surface area contributed by atoms with Crippen LogP contribution in [0.2, 0.25) is 0 Å². The van der Waals surface area contributed by atoms with Gasteiger partial charge >= 0.3 is 0 Å². The summed E-state index contributed by atoms with van der Waals surface area (Å²) in [6.07, 6.45) is 3.02. The van der Waals surface area contributed by atoms with Crippen molar-refractivity contribution >= 4 is 29.1 Å². The fourth-order valence-corrected chi connectivity index (χ4v) is 3.03. The van der Waals surface area contributed by atoms with Gasteiger partial charge in [-0.1, -0.05) is 19.1 Å². The quantitative estimate of drug-likeness (QED) is 0.478. The number of nitrogens with zero attached hydrogens (tertiary/aromatic N) is 3. The Kier molecular flexibility index (Phi) is 6.99. The number of aromatic nitrogens is 3. The number of rotatable bonds is 7. The van der Waals surface area contributed by atoms with E-state index in [-0.39, 0.29) is 18.0 Å². The van der Waals surface area contributed by atoms with Crippen LogP contribution in [0.1, 0.15) is 25.3 Å². The predicted molar refractivity (Wildman–Crippen MR) is 108 cm³/mol. The molecule has 1 aromatic carbocycles. The van der Waals surface area contributed by atoms with Gasteiger partial charge in [0.2, 0.25) is 0 Å². The zero-order valence-corrected chi connectivity index (χ0v) is 15.9. The first-order chi connectivity index (χ1) is 12.7. The maximum absolute atomic E-state index is 12.4. The van der Waals surface area contributed by atoms with Crippen LogP contribution in [0.5, 0.6) is 0 Å². The average molecular weight is 388 g/mol. The van der Waals surface area contributed by atoms with Crippen molar-refractivity contribution in [3.05, 3.63) is 46.5 Å². The molecule has 3 aromatic rings. The Hall–Kier alpha value is -2.82. The minimum Gasteiger partial charge on any atom is -0.399 e. The number of hydrogen-bond acceptors (Lipinski definition) is 5. The molecule has 0 aliphatic carbocycles. The molecule has 2 aromatic heterocycles. The van der Waals surface area contributed by atoms with E-state index < -0.39 is 0 Å². The third kappa shape index (κ3) is 4.13. The van der Waals surface area contributed by atoms with Crippen LogP contribution in [0.3, 0.4) is 0 Å². The van der Waals surface area contributed by atoms with Gasteiger partial charge < -0.3 is 20.0 Å². The number of ether oxygens (including phenoxy) is 1. The molecule has 142 valence electrons. The summed E-state index contributed by atoms with van der Waals surface area (Å²) in [5.41, 5.74) is 8.88. The number of halogens is 1. The number of anilines is 1. The third-order valence-corrected chi connectivity index (χ3v) is 4.16. The van der Waals surface area contributed by atoms with E-state index in [1.54, 1.807) is 12.1 Å². The number of H-pyrrole nitrogens is 1. The molecule has 0 aliphatic heterocycles. The van der Waals surface area contributed by atoms with E-state index in [1.807, 2.05) is 16.7 Å². The molecule has 0 saturated carbocycles. The monoisotopic (exact) mass is 387 g/mol. The number of nitrogen functional groups attached to an aromatic ring is 1. The lowest BCUT2D eigenvalue weighted by molar-refractivity contribution is 0.129. The Bertz CT molecular complexity index is 1000. The average Bonchev–Trinajstić information content (AvgIpc) is 2.97. The molecule has 0 radical (unpaired) electrons. The summed E-state index contributed by atoms with van der Waals surface area (Å²) in [5, 5.41) is 9.71. The molecule has 27 heavy (non-hydrogen) atoms. The van der Waals surface area contributed by atoms with E-state index in [9.17, 15) is 10.1 Å². The number of aryl methyl sites for hydroxylation is 1. The van der Waals surface area contributed by atoms with Crippen LogP contribution in [-0.2, 0) is 11.3 Å². The van der Waals surface area contributed by atoms with Crippen molar-refractivity contribution in [2.24, 2.45) is 0 Å². The Morgan fingerprint density at radius 1 is 1.30 bits per heavy atom. The molecule has 2 heterocycles. The van der Waals surface area contributed by atoms with E-state index in [0.29, 0.717) is 47.7 Å². The molecule has 0 atom stereocenters. The molecule has 0 fully saturated rings. The van der Waals surface area contributed by atoms with Crippen molar-refractivity contribution in [3.8, 4) is 17.3 Å². The smallest absolute Gasteiger partial charge is 0.275 e. The Morgan fingerprint density at radius 2 is 2.04 bits per heavy atom. The number of nitriles is 1. The van der Waals surface area contributed by atoms with Crippen LogP contribution in [0.15, 0.2) is 35.4 Å². The molecule has 7 nitrogen and oxygen atoms in total. The lowest BCUT2D eigenvalue weighted by Gasteiger charge is -2.11. The molecule has 0 saturated heterocycles. The normalized spacial score (nSPS) is 10.5. The molecule has 0 unspecified atom stereocenters. The molecule has 0 amide bonds. The van der Waals surface area contributed by atoms with Gasteiger partial charge in [-0.05, 0) is 30.5 Å². The van der Waals surface area contributed by atoms with Crippen molar-refractivity contribution in [2.45, 2.75) is 26.3 Å². The summed E-state index contributed by atoms with van der Waals surface area (Å²) < 4.78 is 7.41.